The first-order valence-corrected chi connectivity index (χ1v) is 11.1. The number of carbonyl (C=O) groups excluding carboxylic acids is 1. The van der Waals surface area contributed by atoms with E-state index in [1.807, 2.05) is 13.8 Å². The smallest absolute Gasteiger partial charge is 0.241 e. The molecule has 8 heteroatoms. The van der Waals surface area contributed by atoms with Gasteiger partial charge in [0.05, 0.1) is 18.1 Å². The van der Waals surface area contributed by atoms with E-state index in [1.165, 1.54) is 12.1 Å². The van der Waals surface area contributed by atoms with Crippen LogP contribution in [0.15, 0.2) is 23.1 Å². The van der Waals surface area contributed by atoms with Gasteiger partial charge < -0.3 is 14.8 Å². The molecule has 0 saturated heterocycles. The summed E-state index contributed by atoms with van der Waals surface area (Å²) in [5, 5.41) is 2.98. The van der Waals surface area contributed by atoms with Gasteiger partial charge in [0.1, 0.15) is 6.04 Å². The molecular weight excluding hydrogens is 368 g/mol. The van der Waals surface area contributed by atoms with Crippen molar-refractivity contribution in [3.8, 4) is 11.5 Å². The van der Waals surface area contributed by atoms with Crippen molar-refractivity contribution in [1.82, 2.24) is 10.0 Å². The molecule has 1 amide bonds. The van der Waals surface area contributed by atoms with Crippen LogP contribution in [-0.4, -0.2) is 39.6 Å². The van der Waals surface area contributed by atoms with Crippen molar-refractivity contribution in [2.45, 2.75) is 62.9 Å². The number of sulfonamides is 1. The van der Waals surface area contributed by atoms with E-state index in [0.717, 1.165) is 32.1 Å². The highest BCUT2D eigenvalue weighted by Crippen LogP contribution is 2.32. The van der Waals surface area contributed by atoms with E-state index in [9.17, 15) is 13.2 Å². The van der Waals surface area contributed by atoms with Gasteiger partial charge in [0.15, 0.2) is 11.5 Å². The van der Waals surface area contributed by atoms with Gasteiger partial charge in [-0.15, -0.1) is 0 Å². The van der Waals surface area contributed by atoms with Crippen molar-refractivity contribution in [3.05, 3.63) is 18.2 Å². The Hall–Kier alpha value is -1.80. The molecule has 1 atom stereocenters. The van der Waals surface area contributed by atoms with Gasteiger partial charge in [-0.2, -0.15) is 4.72 Å². The molecule has 1 aliphatic carbocycles. The van der Waals surface area contributed by atoms with Gasteiger partial charge in [-0.3, -0.25) is 4.79 Å². The highest BCUT2D eigenvalue weighted by Gasteiger charge is 2.31. The van der Waals surface area contributed by atoms with E-state index >= 15 is 0 Å². The summed E-state index contributed by atoms with van der Waals surface area (Å²) in [5.74, 6) is 0.495. The molecule has 1 aliphatic heterocycles. The fourth-order valence-electron chi connectivity index (χ4n) is 3.40. The number of rotatable bonds is 6. The zero-order valence-electron chi connectivity index (χ0n) is 15.9. The standard InChI is InChI=1S/C19H28N2O5S/c1-13(2)18(19(22)20-14-6-3-4-7-14)21-27(23,24)15-8-9-16-17(12-15)26-11-5-10-25-16/h8-9,12-14,18,21H,3-7,10-11H2,1-2H3,(H,20,22)/t18-/m0/s1. The molecule has 1 fully saturated rings. The van der Waals surface area contributed by atoms with Crippen LogP contribution in [0.5, 0.6) is 11.5 Å². The second-order valence-electron chi connectivity index (χ2n) is 7.49. The number of fused-ring (bicyclic) bond motifs is 1. The summed E-state index contributed by atoms with van der Waals surface area (Å²) in [6.07, 6.45) is 4.84. The van der Waals surface area contributed by atoms with Crippen molar-refractivity contribution >= 4 is 15.9 Å². The van der Waals surface area contributed by atoms with Crippen LogP contribution >= 0.6 is 0 Å². The summed E-state index contributed by atoms with van der Waals surface area (Å²) < 4.78 is 39.4. The van der Waals surface area contributed by atoms with E-state index in [2.05, 4.69) is 10.0 Å². The number of nitrogens with one attached hydrogen (secondary N) is 2. The number of carbonyl (C=O) groups is 1. The first kappa shape index (κ1) is 19.9. The molecule has 2 aliphatic rings. The number of ether oxygens (including phenoxy) is 2. The van der Waals surface area contributed by atoms with Crippen LogP contribution in [0.4, 0.5) is 0 Å². The zero-order chi connectivity index (χ0) is 19.4. The van der Waals surface area contributed by atoms with Crippen LogP contribution in [0, 0.1) is 5.92 Å². The maximum absolute atomic E-state index is 12.9. The lowest BCUT2D eigenvalue weighted by Crippen LogP contribution is -2.51. The lowest BCUT2D eigenvalue weighted by atomic mass is 10.0. The molecule has 1 aromatic rings. The van der Waals surface area contributed by atoms with E-state index < -0.39 is 16.1 Å². The van der Waals surface area contributed by atoms with E-state index in [1.54, 1.807) is 6.07 Å². The number of amides is 1. The third-order valence-electron chi connectivity index (χ3n) is 4.96. The maximum atomic E-state index is 12.9. The third kappa shape index (κ3) is 4.93. The van der Waals surface area contributed by atoms with Crippen LogP contribution in [0.1, 0.15) is 46.0 Å². The molecule has 2 N–H and O–H groups in total. The second-order valence-corrected chi connectivity index (χ2v) is 9.21. The van der Waals surface area contributed by atoms with Crippen molar-refractivity contribution in [2.24, 2.45) is 5.92 Å². The van der Waals surface area contributed by atoms with Crippen LogP contribution in [0.2, 0.25) is 0 Å². The molecule has 0 radical (unpaired) electrons. The highest BCUT2D eigenvalue weighted by atomic mass is 32.2. The molecule has 27 heavy (non-hydrogen) atoms. The molecule has 1 saturated carbocycles. The van der Waals surface area contributed by atoms with Gasteiger partial charge in [-0.25, -0.2) is 8.42 Å². The second kappa shape index (κ2) is 8.48. The Morgan fingerprint density at radius 3 is 2.41 bits per heavy atom. The lowest BCUT2D eigenvalue weighted by molar-refractivity contribution is -0.124. The fraction of sp³-hybridized carbons (Fsp3) is 0.632. The molecule has 0 bridgehead atoms. The first-order chi connectivity index (χ1) is 12.9. The average Bonchev–Trinajstić information content (AvgIpc) is 3.01. The fourth-order valence-corrected chi connectivity index (χ4v) is 4.76. The molecule has 150 valence electrons. The summed E-state index contributed by atoms with van der Waals surface area (Å²) in [4.78, 5) is 12.7. The van der Waals surface area contributed by atoms with E-state index in [0.29, 0.717) is 24.7 Å². The number of hydrogen-bond acceptors (Lipinski definition) is 5. The third-order valence-corrected chi connectivity index (χ3v) is 6.40. The molecular formula is C19H28N2O5S. The molecule has 0 aromatic heterocycles. The molecule has 0 unspecified atom stereocenters. The summed E-state index contributed by atoms with van der Waals surface area (Å²) in [5.41, 5.74) is 0. The Balaban J connectivity index is 1.76. The molecule has 3 rings (SSSR count). The zero-order valence-corrected chi connectivity index (χ0v) is 16.7. The lowest BCUT2D eigenvalue weighted by Gasteiger charge is -2.24. The Bertz CT molecular complexity index is 772. The molecule has 1 heterocycles. The van der Waals surface area contributed by atoms with Gasteiger partial charge >= 0.3 is 0 Å². The van der Waals surface area contributed by atoms with Gasteiger partial charge in [-0.1, -0.05) is 26.7 Å². The maximum Gasteiger partial charge on any atom is 0.241 e. The summed E-state index contributed by atoms with van der Waals surface area (Å²) >= 11 is 0. The predicted molar refractivity (Wildman–Crippen MR) is 101 cm³/mol. The van der Waals surface area contributed by atoms with Gasteiger partial charge in [0.25, 0.3) is 0 Å². The van der Waals surface area contributed by atoms with Crippen molar-refractivity contribution < 1.29 is 22.7 Å². The quantitative estimate of drug-likeness (QED) is 0.769. The Labute approximate surface area is 160 Å². The number of benzene rings is 1. The average molecular weight is 397 g/mol. The van der Waals surface area contributed by atoms with Crippen LogP contribution in [-0.2, 0) is 14.8 Å². The van der Waals surface area contributed by atoms with E-state index in [-0.39, 0.29) is 22.8 Å². The topological polar surface area (TPSA) is 93.7 Å². The highest BCUT2D eigenvalue weighted by molar-refractivity contribution is 7.89. The van der Waals surface area contributed by atoms with Crippen LogP contribution in [0.3, 0.4) is 0 Å². The first-order valence-electron chi connectivity index (χ1n) is 9.59. The van der Waals surface area contributed by atoms with Gasteiger partial charge in [0, 0.05) is 18.5 Å². The summed E-state index contributed by atoms with van der Waals surface area (Å²) in [7, 11) is -3.87. The normalized spacial score (nSPS) is 18.9. The minimum absolute atomic E-state index is 0.0612. The Morgan fingerprint density at radius 1 is 1.07 bits per heavy atom. The van der Waals surface area contributed by atoms with Gasteiger partial charge in [0.2, 0.25) is 15.9 Å². The minimum atomic E-state index is -3.87. The number of hydrogen-bond donors (Lipinski definition) is 2. The van der Waals surface area contributed by atoms with Crippen LogP contribution < -0.4 is 19.5 Å². The monoisotopic (exact) mass is 396 g/mol. The SMILES string of the molecule is CC(C)[C@H](NS(=O)(=O)c1ccc2c(c1)OCCCO2)C(=O)NC1CCCC1. The Morgan fingerprint density at radius 2 is 1.74 bits per heavy atom. The largest absolute Gasteiger partial charge is 0.490 e. The molecule has 7 nitrogen and oxygen atoms in total. The predicted octanol–water partition coefficient (Wildman–Crippen LogP) is 2.21. The Kier molecular flexibility index (Phi) is 6.26. The summed E-state index contributed by atoms with van der Waals surface area (Å²) in [6, 6.07) is 3.84. The molecule has 0 spiro atoms. The minimum Gasteiger partial charge on any atom is -0.490 e. The van der Waals surface area contributed by atoms with Gasteiger partial charge in [-0.05, 0) is 30.9 Å². The van der Waals surface area contributed by atoms with Crippen molar-refractivity contribution in [3.63, 3.8) is 0 Å². The van der Waals surface area contributed by atoms with E-state index in [4.69, 9.17) is 9.47 Å². The van der Waals surface area contributed by atoms with Crippen molar-refractivity contribution in [1.29, 1.82) is 0 Å². The van der Waals surface area contributed by atoms with Crippen molar-refractivity contribution in [2.75, 3.05) is 13.2 Å². The molecule has 1 aromatic carbocycles. The summed E-state index contributed by atoms with van der Waals surface area (Å²) in [6.45, 7) is 4.67. The van der Waals surface area contributed by atoms with Crippen LogP contribution in [0.25, 0.3) is 0 Å².